The molecule has 11 aliphatic rings. The highest BCUT2D eigenvalue weighted by Crippen LogP contribution is 2.58. The molecule has 7 N–H and O–H groups in total. The van der Waals surface area contributed by atoms with E-state index in [4.69, 9.17) is 50.1 Å². The van der Waals surface area contributed by atoms with Crippen LogP contribution >= 0.6 is 12.2 Å². The number of carbonyl (C=O) groups excluding carboxylic acids is 6. The van der Waals surface area contributed by atoms with Gasteiger partial charge in [-0.1, -0.05) is 75.6 Å². The number of aliphatic hydroxyl groups excluding tert-OH is 1. The number of fused-ring (bicyclic) bond motifs is 6. The first-order valence-electron chi connectivity index (χ1n) is 35.2. The lowest BCUT2D eigenvalue weighted by molar-refractivity contribution is -0.301. The van der Waals surface area contributed by atoms with Gasteiger partial charge in [-0.3, -0.25) is 28.8 Å². The Hall–Kier alpha value is -5.82. The third-order valence-electron chi connectivity index (χ3n) is 22.2. The quantitative estimate of drug-likeness (QED) is 0.0436. The number of carbonyl (C=O) groups is 6. The van der Waals surface area contributed by atoms with Gasteiger partial charge in [0, 0.05) is 89.8 Å². The molecule has 1 aromatic carbocycles. The molecular formula is C72H98N8O15S. The second-order valence-corrected chi connectivity index (χ2v) is 29.5. The van der Waals surface area contributed by atoms with E-state index in [1.165, 1.54) is 0 Å². The number of hydrogen-bond acceptors (Lipinski definition) is 18. The highest BCUT2D eigenvalue weighted by Gasteiger charge is 2.73. The number of nitrogens with one attached hydrogen (secondary N) is 6. The van der Waals surface area contributed by atoms with Gasteiger partial charge in [0.15, 0.2) is 10.6 Å². The SMILES string of the molecule is C=C1C[C@@H]2CC[C@@]34CC5O[C@H]6[C@@H](O3)[C@H]3O[C@H](CC[C@@H]3O[C@@]6(C)[C@H]5O4)CC(=O)C[C@@H]3[C@@H](CC)[C@@H](C[C@H](O)CNC(=O)C4(NC(=O)[C@H](Cc5ccccc5)NC(=O)CNC(=O)CNC(=O)CCCC#Cc5cnc(=S)[nH]c5)CCN(C)CC4)O[C@H]3C[C@H]3O[C@@H](CCC1O2)C[C@@H](C)C3=C. The van der Waals surface area contributed by atoms with Crippen molar-refractivity contribution in [3.8, 4) is 11.8 Å². The fourth-order valence-electron chi connectivity index (χ4n) is 16.9. The number of likely N-dealkylation sites (tertiary alicyclic amines) is 1. The Bertz CT molecular complexity index is 3300. The molecule has 522 valence electrons. The maximum Gasteiger partial charge on any atom is 0.245 e. The molecule has 2 unspecified atom stereocenters. The molecule has 0 saturated carbocycles. The maximum atomic E-state index is 14.8. The van der Waals surface area contributed by atoms with Crippen molar-refractivity contribution in [2.75, 3.05) is 39.8 Å². The number of aliphatic hydroxyl groups is 1. The molecule has 2 aromatic rings. The summed E-state index contributed by atoms with van der Waals surface area (Å²) in [5.74, 6) is 2.26. The van der Waals surface area contributed by atoms with E-state index in [1.54, 1.807) is 12.4 Å². The number of ether oxygens (including phenoxy) is 8. The minimum absolute atomic E-state index is 0.0264. The zero-order valence-electron chi connectivity index (χ0n) is 56.0. The first kappa shape index (κ1) is 70.1. The smallest absolute Gasteiger partial charge is 0.245 e. The number of rotatable bonds is 18. The van der Waals surface area contributed by atoms with Crippen LogP contribution in [0.25, 0.3) is 0 Å². The Labute approximate surface area is 568 Å². The van der Waals surface area contributed by atoms with Gasteiger partial charge >= 0.3 is 0 Å². The van der Waals surface area contributed by atoms with Crippen LogP contribution < -0.4 is 26.6 Å². The summed E-state index contributed by atoms with van der Waals surface area (Å²) in [6, 6.07) is 7.98. The van der Waals surface area contributed by atoms with E-state index < -0.39 is 83.7 Å². The van der Waals surface area contributed by atoms with Crippen LogP contribution in [-0.2, 0) is 73.1 Å². The molecule has 24 heteroatoms. The second kappa shape index (κ2) is 30.3. The van der Waals surface area contributed by atoms with Crippen LogP contribution in [0.4, 0.5) is 0 Å². The molecule has 0 aliphatic carbocycles. The Morgan fingerprint density at radius 2 is 1.58 bits per heavy atom. The van der Waals surface area contributed by atoms with Crippen molar-refractivity contribution >= 4 is 47.5 Å². The number of piperidine rings is 1. The number of aromatic amines is 1. The highest BCUT2D eigenvalue weighted by molar-refractivity contribution is 7.71. The van der Waals surface area contributed by atoms with Crippen molar-refractivity contribution in [3.05, 3.63) is 82.9 Å². The van der Waals surface area contributed by atoms with E-state index in [9.17, 15) is 33.9 Å². The Balaban J connectivity index is 0.689. The molecule has 12 bridgehead atoms. The van der Waals surface area contributed by atoms with E-state index in [0.717, 1.165) is 48.8 Å². The average Bonchev–Trinajstić information content (AvgIpc) is 1.53. The summed E-state index contributed by atoms with van der Waals surface area (Å²) in [6.45, 7) is 15.4. The molecule has 13 rings (SSSR count). The maximum absolute atomic E-state index is 14.8. The van der Waals surface area contributed by atoms with E-state index >= 15 is 0 Å². The number of ketones is 1. The summed E-state index contributed by atoms with van der Waals surface area (Å²) in [4.78, 5) is 92.0. The highest BCUT2D eigenvalue weighted by atomic mass is 32.1. The molecule has 5 amide bonds. The lowest BCUT2D eigenvalue weighted by atomic mass is 9.77. The molecule has 0 radical (unpaired) electrons. The zero-order chi connectivity index (χ0) is 67.5. The van der Waals surface area contributed by atoms with Gasteiger partial charge in [-0.05, 0) is 125 Å². The van der Waals surface area contributed by atoms with Crippen LogP contribution in [0, 0.1) is 34.4 Å². The lowest BCUT2D eigenvalue weighted by Crippen LogP contribution is -2.66. The van der Waals surface area contributed by atoms with Crippen LogP contribution in [0.5, 0.6) is 0 Å². The molecule has 96 heavy (non-hydrogen) atoms. The largest absolute Gasteiger partial charge is 0.391 e. The van der Waals surface area contributed by atoms with Gasteiger partial charge in [0.05, 0.1) is 79.7 Å². The number of unbranched alkanes of at least 4 members (excludes halogenated alkanes) is 1. The minimum atomic E-state index is -1.41. The van der Waals surface area contributed by atoms with Gasteiger partial charge in [0.25, 0.3) is 0 Å². The number of aromatic nitrogens is 2. The summed E-state index contributed by atoms with van der Waals surface area (Å²) in [5.41, 5.74) is 1.40. The molecule has 11 saturated heterocycles. The lowest BCUT2D eigenvalue weighted by Gasteiger charge is -2.51. The monoisotopic (exact) mass is 1350 g/mol. The minimum Gasteiger partial charge on any atom is -0.391 e. The van der Waals surface area contributed by atoms with Crippen molar-refractivity contribution in [2.24, 2.45) is 17.8 Å². The van der Waals surface area contributed by atoms with Crippen LogP contribution in [0.3, 0.4) is 0 Å². The molecule has 11 fully saturated rings. The number of nitrogens with zero attached hydrogens (tertiary/aromatic N) is 2. The molecule has 1 aromatic heterocycles. The van der Waals surface area contributed by atoms with Crippen molar-refractivity contribution < 1.29 is 71.8 Å². The van der Waals surface area contributed by atoms with Gasteiger partial charge in [-0.15, -0.1) is 0 Å². The van der Waals surface area contributed by atoms with E-state index in [2.05, 4.69) is 87.2 Å². The molecule has 12 heterocycles. The number of amides is 5. The fraction of sp³-hybridized carbons (Fsp3) is 0.694. The average molecular weight is 1350 g/mol. The first-order valence-corrected chi connectivity index (χ1v) is 35.6. The first-order chi connectivity index (χ1) is 46.1. The summed E-state index contributed by atoms with van der Waals surface area (Å²) in [5, 5.41) is 26.0. The summed E-state index contributed by atoms with van der Waals surface area (Å²) < 4.78 is 56.1. The van der Waals surface area contributed by atoms with Gasteiger partial charge in [-0.25, -0.2) is 4.98 Å². The predicted octanol–water partition coefficient (Wildman–Crippen LogP) is 5.21. The van der Waals surface area contributed by atoms with Gasteiger partial charge < -0.3 is 79.5 Å². The molecule has 1 spiro atoms. The van der Waals surface area contributed by atoms with Crippen molar-refractivity contribution in [1.82, 2.24) is 41.5 Å². The number of benzene rings is 1. The third-order valence-corrected chi connectivity index (χ3v) is 22.4. The molecule has 20 atom stereocenters. The van der Waals surface area contributed by atoms with E-state index in [0.29, 0.717) is 74.8 Å². The van der Waals surface area contributed by atoms with Crippen molar-refractivity contribution in [1.29, 1.82) is 0 Å². The van der Waals surface area contributed by atoms with Gasteiger partial charge in [0.2, 0.25) is 29.5 Å². The number of hydrogen-bond donors (Lipinski definition) is 7. The zero-order valence-corrected chi connectivity index (χ0v) is 56.8. The molecule has 11 aliphatic heterocycles. The summed E-state index contributed by atoms with van der Waals surface area (Å²) in [7, 11) is 1.94. The summed E-state index contributed by atoms with van der Waals surface area (Å²) >= 11 is 4.95. The van der Waals surface area contributed by atoms with Crippen LogP contribution in [0.15, 0.2) is 67.0 Å². The van der Waals surface area contributed by atoms with Crippen molar-refractivity contribution in [3.63, 3.8) is 0 Å². The van der Waals surface area contributed by atoms with E-state index in [1.807, 2.05) is 37.4 Å². The van der Waals surface area contributed by atoms with Crippen molar-refractivity contribution in [2.45, 2.75) is 258 Å². The normalized spacial score (nSPS) is 36.0. The van der Waals surface area contributed by atoms with Gasteiger partial charge in [-0.2, -0.15) is 0 Å². The van der Waals surface area contributed by atoms with Gasteiger partial charge in [0.1, 0.15) is 47.4 Å². The predicted molar refractivity (Wildman–Crippen MR) is 354 cm³/mol. The Morgan fingerprint density at radius 1 is 0.823 bits per heavy atom. The second-order valence-electron chi connectivity index (χ2n) is 29.1. The van der Waals surface area contributed by atoms with Crippen LogP contribution in [0.2, 0.25) is 0 Å². The fourth-order valence-corrected chi connectivity index (χ4v) is 17.0. The Morgan fingerprint density at radius 3 is 2.36 bits per heavy atom. The molecular weight excluding hydrogens is 1250 g/mol. The summed E-state index contributed by atoms with van der Waals surface area (Å²) in [6.07, 6.45) is 8.27. The third kappa shape index (κ3) is 16.1. The Kier molecular flexibility index (Phi) is 22.1. The number of H-pyrrole nitrogens is 1. The van der Waals surface area contributed by atoms with E-state index in [-0.39, 0.29) is 142 Å². The standard InChI is InChI=1S/C72H98N8O15S/c1-7-51-52-32-46(81)31-49-19-21-55-63(90-49)64-66-70(5,93-55)65-59(92-66)35-72(94-64,95-65)23-22-50-29-42(3)54(88-50)20-18-48-28-41(2)43(4)56(89-48)34-58(52)91-57(51)33-47(82)38-75-68(87)71(24-26-80(6)27-25-71)79-67(86)53(30-44-14-10-8-11-15-44)78-62(85)40-74-61(84)39-73-60(83)17-13-9-12-16-45-36-76-69(96)77-37-45/h8,10-11,14-15,36-37,41,47-59,63-66,82H,3-4,7,9,13,17-35,38-40H2,1-2,5-6H3,(H,73,83)(H,74,84)(H,75,87)(H,78,85)(H,79,86)(H,76,77,96)/t41-,47+,48+,49-,50+,51-,52-,53+,54?,55+,56-,57-,58+,59?,63+,64+,65+,66+,70+,72-/m1/s1. The topological polar surface area (TPSA) is 289 Å². The number of Topliss-reactive ketones (excluding diaryl/α,β-unsaturated/α-hetero) is 1. The molecule has 23 nitrogen and oxygen atoms in total. The van der Waals surface area contributed by atoms with Crippen LogP contribution in [0.1, 0.15) is 154 Å². The van der Waals surface area contributed by atoms with Crippen LogP contribution in [-0.4, -0.2) is 203 Å².